The summed E-state index contributed by atoms with van der Waals surface area (Å²) in [5, 5.41) is 7.01. The van der Waals surface area contributed by atoms with Crippen LogP contribution in [0.2, 0.25) is 0 Å². The predicted molar refractivity (Wildman–Crippen MR) is 105 cm³/mol. The maximum atomic E-state index is 12.8. The summed E-state index contributed by atoms with van der Waals surface area (Å²) in [5.41, 5.74) is 0. The molecule has 0 aromatic carbocycles. The molecule has 1 atom stereocenters. The number of ether oxygens (including phenoxy) is 1. The third-order valence-electron chi connectivity index (χ3n) is 5.05. The van der Waals surface area contributed by atoms with Crippen molar-refractivity contribution in [3.8, 4) is 0 Å². The average Bonchev–Trinajstić information content (AvgIpc) is 3.13. The number of hydrogen-bond donors (Lipinski definition) is 2. The number of sulfonamides is 1. The van der Waals surface area contributed by atoms with Gasteiger partial charge in [-0.25, -0.2) is 8.42 Å². The number of carbonyl (C=O) groups is 2. The van der Waals surface area contributed by atoms with Crippen molar-refractivity contribution in [2.24, 2.45) is 0 Å². The Morgan fingerprint density at radius 1 is 1.14 bits per heavy atom. The molecule has 1 aliphatic carbocycles. The summed E-state index contributed by atoms with van der Waals surface area (Å²) in [4.78, 5) is 24.4. The lowest BCUT2D eigenvalue weighted by Crippen LogP contribution is -2.53. The average molecular weight is 430 g/mol. The second-order valence-electron chi connectivity index (χ2n) is 7.10. The van der Waals surface area contributed by atoms with Crippen LogP contribution in [-0.2, 0) is 24.3 Å². The van der Waals surface area contributed by atoms with Crippen molar-refractivity contribution in [1.29, 1.82) is 0 Å². The highest BCUT2D eigenvalue weighted by atomic mass is 32.2. The van der Waals surface area contributed by atoms with E-state index in [4.69, 9.17) is 4.74 Å². The highest BCUT2D eigenvalue weighted by Crippen LogP contribution is 2.25. The number of nitrogens with zero attached hydrogens (tertiary/aromatic N) is 1. The summed E-state index contributed by atoms with van der Waals surface area (Å²) in [5.74, 6) is -1.43. The molecule has 2 heterocycles. The first kappa shape index (κ1) is 21.2. The van der Waals surface area contributed by atoms with Crippen LogP contribution in [0, 0.1) is 0 Å². The molecule has 2 aliphatic rings. The Balaban J connectivity index is 1.55. The van der Waals surface area contributed by atoms with Crippen molar-refractivity contribution in [2.75, 3.05) is 19.7 Å². The van der Waals surface area contributed by atoms with E-state index in [9.17, 15) is 18.0 Å². The van der Waals surface area contributed by atoms with Crippen LogP contribution in [0.1, 0.15) is 44.9 Å². The molecule has 0 bridgehead atoms. The second kappa shape index (κ2) is 9.82. The highest BCUT2D eigenvalue weighted by molar-refractivity contribution is 7.91. The molecule has 10 heteroatoms. The van der Waals surface area contributed by atoms with Crippen molar-refractivity contribution in [3.05, 3.63) is 17.5 Å². The first-order valence-corrected chi connectivity index (χ1v) is 12.1. The third-order valence-corrected chi connectivity index (χ3v) is 8.31. The minimum atomic E-state index is -3.69. The lowest BCUT2D eigenvalue weighted by Gasteiger charge is -2.34. The van der Waals surface area contributed by atoms with Crippen molar-refractivity contribution >= 4 is 33.2 Å². The van der Waals surface area contributed by atoms with Crippen LogP contribution in [0.4, 0.5) is 0 Å². The van der Waals surface area contributed by atoms with Gasteiger partial charge in [0.05, 0.1) is 13.2 Å². The zero-order valence-corrected chi connectivity index (χ0v) is 17.4. The molecule has 1 saturated heterocycles. The van der Waals surface area contributed by atoms with E-state index in [1.165, 1.54) is 4.31 Å². The van der Waals surface area contributed by atoms with Crippen molar-refractivity contribution in [2.45, 2.75) is 61.4 Å². The SMILES string of the molecule is O=C(NC[C@H]1OCCCN1S(=O)(=O)c1cccs1)C(=O)NC1CCCCCC1. The van der Waals surface area contributed by atoms with Crippen LogP contribution in [-0.4, -0.2) is 56.5 Å². The molecular weight excluding hydrogens is 402 g/mol. The van der Waals surface area contributed by atoms with Crippen LogP contribution in [0.15, 0.2) is 21.7 Å². The van der Waals surface area contributed by atoms with Gasteiger partial charge < -0.3 is 15.4 Å². The van der Waals surface area contributed by atoms with Gasteiger partial charge in [-0.2, -0.15) is 4.31 Å². The maximum Gasteiger partial charge on any atom is 0.309 e. The Labute approximate surface area is 169 Å². The van der Waals surface area contributed by atoms with Gasteiger partial charge in [-0.05, 0) is 30.7 Å². The summed E-state index contributed by atoms with van der Waals surface area (Å²) in [6.45, 7) is 0.655. The summed E-state index contributed by atoms with van der Waals surface area (Å²) in [7, 11) is -3.69. The number of hydrogen-bond acceptors (Lipinski definition) is 6. The van der Waals surface area contributed by atoms with E-state index >= 15 is 0 Å². The quantitative estimate of drug-likeness (QED) is 0.544. The maximum absolute atomic E-state index is 12.8. The summed E-state index contributed by atoms with van der Waals surface area (Å²) < 4.78 is 32.7. The molecule has 0 unspecified atom stereocenters. The van der Waals surface area contributed by atoms with E-state index < -0.39 is 28.1 Å². The van der Waals surface area contributed by atoms with Gasteiger partial charge in [-0.15, -0.1) is 11.3 Å². The molecule has 2 N–H and O–H groups in total. The van der Waals surface area contributed by atoms with E-state index in [1.54, 1.807) is 17.5 Å². The molecule has 28 heavy (non-hydrogen) atoms. The Morgan fingerprint density at radius 2 is 1.89 bits per heavy atom. The number of nitrogens with one attached hydrogen (secondary N) is 2. The molecule has 2 fully saturated rings. The Bertz CT molecular complexity index is 758. The van der Waals surface area contributed by atoms with E-state index in [-0.39, 0.29) is 16.8 Å². The van der Waals surface area contributed by atoms with E-state index in [0.717, 1.165) is 49.9 Å². The fourth-order valence-corrected chi connectivity index (χ4v) is 6.25. The minimum Gasteiger partial charge on any atom is -0.360 e. The standard InChI is InChI=1S/C18H27N3O5S2/c22-17(18(23)20-14-7-3-1-2-4-8-14)19-13-15-21(10-6-11-26-15)28(24,25)16-9-5-12-27-16/h5,9,12,14-15H,1-4,6-8,10-11,13H2,(H,19,22)(H,20,23)/t15-/m1/s1. The van der Waals surface area contributed by atoms with Crippen LogP contribution in [0.3, 0.4) is 0 Å². The van der Waals surface area contributed by atoms with E-state index in [0.29, 0.717) is 19.6 Å². The molecule has 1 aromatic heterocycles. The number of rotatable bonds is 5. The Kier molecular flexibility index (Phi) is 7.44. The molecule has 1 aliphatic heterocycles. The monoisotopic (exact) mass is 429 g/mol. The van der Waals surface area contributed by atoms with E-state index in [2.05, 4.69) is 10.6 Å². The number of carbonyl (C=O) groups excluding carboxylic acids is 2. The Hall–Kier alpha value is -1.49. The summed E-state index contributed by atoms with van der Waals surface area (Å²) >= 11 is 1.14. The molecule has 0 spiro atoms. The smallest absolute Gasteiger partial charge is 0.309 e. The van der Waals surface area contributed by atoms with Crippen LogP contribution in [0.5, 0.6) is 0 Å². The predicted octanol–water partition coefficient (Wildman–Crippen LogP) is 1.44. The summed E-state index contributed by atoms with van der Waals surface area (Å²) in [6, 6.07) is 3.25. The van der Waals surface area contributed by atoms with Gasteiger partial charge in [0, 0.05) is 12.6 Å². The number of thiophene rings is 1. The topological polar surface area (TPSA) is 105 Å². The largest absolute Gasteiger partial charge is 0.360 e. The molecule has 0 radical (unpaired) electrons. The zero-order valence-electron chi connectivity index (χ0n) is 15.8. The molecular formula is C18H27N3O5S2. The van der Waals surface area contributed by atoms with Crippen molar-refractivity contribution < 1.29 is 22.7 Å². The first-order valence-electron chi connectivity index (χ1n) is 9.74. The van der Waals surface area contributed by atoms with Gasteiger partial charge in [0.2, 0.25) is 0 Å². The first-order chi connectivity index (χ1) is 13.5. The van der Waals surface area contributed by atoms with Gasteiger partial charge in [-0.3, -0.25) is 9.59 Å². The minimum absolute atomic E-state index is 0.0300. The lowest BCUT2D eigenvalue weighted by molar-refractivity contribution is -0.140. The molecule has 1 saturated carbocycles. The van der Waals surface area contributed by atoms with Crippen LogP contribution >= 0.6 is 11.3 Å². The lowest BCUT2D eigenvalue weighted by atomic mass is 10.1. The van der Waals surface area contributed by atoms with Crippen LogP contribution < -0.4 is 10.6 Å². The van der Waals surface area contributed by atoms with Gasteiger partial charge in [0.1, 0.15) is 10.4 Å². The normalized spacial score (nSPS) is 22.4. The molecule has 2 amide bonds. The fraction of sp³-hybridized carbons (Fsp3) is 0.667. The van der Waals surface area contributed by atoms with Gasteiger partial charge in [0.25, 0.3) is 10.0 Å². The van der Waals surface area contributed by atoms with Gasteiger partial charge in [0.15, 0.2) is 0 Å². The van der Waals surface area contributed by atoms with Crippen molar-refractivity contribution in [3.63, 3.8) is 0 Å². The van der Waals surface area contributed by atoms with Crippen molar-refractivity contribution in [1.82, 2.24) is 14.9 Å². The molecule has 8 nitrogen and oxygen atoms in total. The third kappa shape index (κ3) is 5.31. The zero-order chi connectivity index (χ0) is 20.0. The van der Waals surface area contributed by atoms with E-state index in [1.807, 2.05) is 0 Å². The fourth-order valence-electron chi connectivity index (χ4n) is 3.56. The second-order valence-corrected chi connectivity index (χ2v) is 10.2. The summed E-state index contributed by atoms with van der Waals surface area (Å²) in [6.07, 6.45) is 5.95. The van der Waals surface area contributed by atoms with Gasteiger partial charge >= 0.3 is 11.8 Å². The van der Waals surface area contributed by atoms with Crippen LogP contribution in [0.25, 0.3) is 0 Å². The number of amides is 2. The van der Waals surface area contributed by atoms with Gasteiger partial charge in [-0.1, -0.05) is 31.7 Å². The molecule has 156 valence electrons. The highest BCUT2D eigenvalue weighted by Gasteiger charge is 2.35. The molecule has 1 aromatic rings. The molecule has 3 rings (SSSR count). The Morgan fingerprint density at radius 3 is 2.57 bits per heavy atom.